The third-order valence-corrected chi connectivity index (χ3v) is 3.91. The summed E-state index contributed by atoms with van der Waals surface area (Å²) >= 11 is 11.9. The molecule has 11 heteroatoms. The van der Waals surface area contributed by atoms with Gasteiger partial charge in [-0.05, 0) is 36.4 Å². The van der Waals surface area contributed by atoms with E-state index in [-0.39, 0.29) is 16.5 Å². The molecule has 0 fully saturated rings. The molecular weight excluding hydrogens is 420 g/mol. The third-order valence-electron chi connectivity index (χ3n) is 3.38. The number of halogens is 5. The minimum atomic E-state index is -4.84. The fourth-order valence-electron chi connectivity index (χ4n) is 2.18. The first-order chi connectivity index (χ1) is 13.3. The zero-order chi connectivity index (χ0) is 20.3. The van der Waals surface area contributed by atoms with Crippen molar-refractivity contribution in [2.24, 2.45) is 0 Å². The van der Waals surface area contributed by atoms with Crippen LogP contribution >= 0.6 is 23.2 Å². The van der Waals surface area contributed by atoms with Gasteiger partial charge in [0, 0.05) is 11.2 Å². The number of hydroxylamine groups is 1. The maximum absolute atomic E-state index is 13.3. The van der Waals surface area contributed by atoms with E-state index in [0.29, 0.717) is 10.1 Å². The number of alkyl halides is 3. The van der Waals surface area contributed by atoms with Gasteiger partial charge in [0.1, 0.15) is 5.69 Å². The van der Waals surface area contributed by atoms with E-state index in [1.807, 2.05) is 0 Å². The van der Waals surface area contributed by atoms with Crippen LogP contribution in [0.1, 0.15) is 16.1 Å². The Morgan fingerprint density at radius 2 is 1.86 bits per heavy atom. The number of carbonyl (C=O) groups excluding carboxylic acids is 1. The van der Waals surface area contributed by atoms with Crippen LogP contribution in [0.2, 0.25) is 10.0 Å². The highest BCUT2D eigenvalue weighted by Crippen LogP contribution is 2.33. The lowest BCUT2D eigenvalue weighted by molar-refractivity contribution is -0.141. The number of amides is 1. The Bertz CT molecular complexity index is 1000. The predicted molar refractivity (Wildman–Crippen MR) is 95.2 cm³/mol. The molecule has 3 aromatic rings. The number of hydrogen-bond acceptors (Lipinski definition) is 5. The highest BCUT2D eigenvalue weighted by atomic mass is 35.5. The second kappa shape index (κ2) is 7.99. The van der Waals surface area contributed by atoms with E-state index < -0.39 is 23.3 Å². The van der Waals surface area contributed by atoms with Gasteiger partial charge in [-0.3, -0.25) is 9.78 Å². The number of anilines is 1. The van der Waals surface area contributed by atoms with Gasteiger partial charge in [-0.2, -0.15) is 23.4 Å². The van der Waals surface area contributed by atoms with E-state index in [0.717, 1.165) is 18.5 Å². The van der Waals surface area contributed by atoms with Crippen LogP contribution in [-0.2, 0) is 6.18 Å². The summed E-state index contributed by atoms with van der Waals surface area (Å²) in [6.45, 7) is 0. The second-order valence-electron chi connectivity index (χ2n) is 5.26. The average Bonchev–Trinajstić information content (AvgIpc) is 2.67. The Morgan fingerprint density at radius 1 is 1.07 bits per heavy atom. The van der Waals surface area contributed by atoms with Crippen LogP contribution in [0.4, 0.5) is 18.9 Å². The number of carbonyl (C=O) groups is 1. The summed E-state index contributed by atoms with van der Waals surface area (Å²) in [5.74, 6) is -1.13. The highest BCUT2D eigenvalue weighted by molar-refractivity contribution is 6.35. The third kappa shape index (κ3) is 4.32. The Morgan fingerprint density at radius 3 is 2.50 bits per heavy atom. The van der Waals surface area contributed by atoms with Crippen LogP contribution in [0.15, 0.2) is 55.0 Å². The van der Waals surface area contributed by atoms with Crippen molar-refractivity contribution in [1.82, 2.24) is 15.2 Å². The maximum Gasteiger partial charge on any atom is 0.434 e. The molecule has 0 spiro atoms. The minimum absolute atomic E-state index is 0.00585. The number of nitrogens with zero attached hydrogens (tertiary/aromatic N) is 4. The Labute approximate surface area is 166 Å². The fourth-order valence-corrected chi connectivity index (χ4v) is 2.62. The van der Waals surface area contributed by atoms with Gasteiger partial charge in [0.15, 0.2) is 11.4 Å². The van der Waals surface area contributed by atoms with Crippen molar-refractivity contribution >= 4 is 34.8 Å². The molecule has 0 aliphatic carbocycles. The van der Waals surface area contributed by atoms with Crippen molar-refractivity contribution in [2.45, 2.75) is 6.18 Å². The molecule has 0 saturated heterocycles. The summed E-state index contributed by atoms with van der Waals surface area (Å²) in [7, 11) is 0. The largest absolute Gasteiger partial charge is 0.434 e. The lowest BCUT2D eigenvalue weighted by atomic mass is 10.1. The van der Waals surface area contributed by atoms with Crippen molar-refractivity contribution in [3.05, 3.63) is 76.3 Å². The second-order valence-corrected chi connectivity index (χ2v) is 6.11. The first-order valence-corrected chi connectivity index (χ1v) is 8.29. The number of benzene rings is 1. The van der Waals surface area contributed by atoms with Crippen molar-refractivity contribution in [1.29, 1.82) is 0 Å². The van der Waals surface area contributed by atoms with Crippen LogP contribution in [0.3, 0.4) is 0 Å². The Kier molecular flexibility index (Phi) is 5.66. The molecule has 6 nitrogen and oxygen atoms in total. The van der Waals surface area contributed by atoms with Gasteiger partial charge in [0.25, 0.3) is 5.91 Å². The first-order valence-electron chi connectivity index (χ1n) is 7.54. The summed E-state index contributed by atoms with van der Waals surface area (Å²) in [5, 5.41) is 8.17. The quantitative estimate of drug-likeness (QED) is 0.556. The van der Waals surface area contributed by atoms with Crippen molar-refractivity contribution in [2.75, 3.05) is 5.06 Å². The van der Waals surface area contributed by atoms with Crippen LogP contribution in [0, 0.1) is 0 Å². The molecule has 0 unspecified atom stereocenters. The molecule has 144 valence electrons. The van der Waals surface area contributed by atoms with Crippen LogP contribution < -0.4 is 9.90 Å². The van der Waals surface area contributed by atoms with Crippen molar-refractivity contribution < 1.29 is 22.8 Å². The molecule has 3 rings (SSSR count). The first kappa shape index (κ1) is 19.8. The predicted octanol–water partition coefficient (Wildman–Crippen LogP) is 4.84. The van der Waals surface area contributed by atoms with E-state index in [1.165, 1.54) is 36.5 Å². The molecule has 0 aliphatic rings. The molecule has 2 aromatic heterocycles. The minimum Gasteiger partial charge on any atom is -0.370 e. The van der Waals surface area contributed by atoms with Gasteiger partial charge in [0.2, 0.25) is 0 Å². The molecule has 0 atom stereocenters. The molecule has 0 radical (unpaired) electrons. The standard InChI is InChI=1S/C17H9Cl2F3N4O2/c18-10-3-4-14(13(19)8-10)28-26(11-5-7-24-25-9-11)16(27)12-2-1-6-23-15(12)17(20,21)22/h1-9H. The molecule has 2 heterocycles. The van der Waals surface area contributed by atoms with E-state index in [1.54, 1.807) is 0 Å². The normalized spacial score (nSPS) is 11.2. The molecule has 0 N–H and O–H groups in total. The van der Waals surface area contributed by atoms with Gasteiger partial charge < -0.3 is 4.84 Å². The van der Waals surface area contributed by atoms with Gasteiger partial charge in [-0.15, -0.1) is 5.06 Å². The molecule has 1 amide bonds. The van der Waals surface area contributed by atoms with E-state index in [2.05, 4.69) is 15.2 Å². The van der Waals surface area contributed by atoms with Crippen LogP contribution in [-0.4, -0.2) is 21.1 Å². The molecular formula is C17H9Cl2F3N4O2. The fraction of sp³-hybridized carbons (Fsp3) is 0.0588. The maximum atomic E-state index is 13.3. The van der Waals surface area contributed by atoms with Gasteiger partial charge in [0.05, 0.1) is 23.0 Å². The zero-order valence-corrected chi connectivity index (χ0v) is 15.2. The van der Waals surface area contributed by atoms with E-state index in [4.69, 9.17) is 28.0 Å². The molecule has 0 bridgehead atoms. The van der Waals surface area contributed by atoms with Crippen molar-refractivity contribution in [3.63, 3.8) is 0 Å². The zero-order valence-electron chi connectivity index (χ0n) is 13.7. The average molecular weight is 429 g/mol. The lowest BCUT2D eigenvalue weighted by Gasteiger charge is -2.23. The molecule has 28 heavy (non-hydrogen) atoms. The summed E-state index contributed by atoms with van der Waals surface area (Å²) in [6.07, 6.45) is -1.51. The SMILES string of the molecule is O=C(c1cccnc1C(F)(F)F)N(Oc1ccc(Cl)cc1Cl)c1ccnnc1. The Hall–Kier alpha value is -2.91. The number of pyridine rings is 1. The lowest BCUT2D eigenvalue weighted by Crippen LogP contribution is -2.36. The molecule has 0 aliphatic heterocycles. The Balaban J connectivity index is 2.07. The number of hydrogen-bond donors (Lipinski definition) is 0. The smallest absolute Gasteiger partial charge is 0.370 e. The van der Waals surface area contributed by atoms with Gasteiger partial charge in [-0.1, -0.05) is 23.2 Å². The number of rotatable bonds is 4. The molecule has 0 saturated carbocycles. The van der Waals surface area contributed by atoms with E-state index in [9.17, 15) is 18.0 Å². The van der Waals surface area contributed by atoms with Crippen LogP contribution in [0.25, 0.3) is 0 Å². The molecule has 1 aromatic carbocycles. The monoisotopic (exact) mass is 428 g/mol. The topological polar surface area (TPSA) is 68.2 Å². The van der Waals surface area contributed by atoms with E-state index >= 15 is 0 Å². The summed E-state index contributed by atoms with van der Waals surface area (Å²) < 4.78 is 39.8. The summed E-state index contributed by atoms with van der Waals surface area (Å²) in [6, 6.07) is 7.71. The van der Waals surface area contributed by atoms with Gasteiger partial charge >= 0.3 is 6.18 Å². The summed E-state index contributed by atoms with van der Waals surface area (Å²) in [5.41, 5.74) is -2.03. The number of aromatic nitrogens is 3. The highest BCUT2D eigenvalue weighted by Gasteiger charge is 2.38. The van der Waals surface area contributed by atoms with Crippen LogP contribution in [0.5, 0.6) is 5.75 Å². The van der Waals surface area contributed by atoms with Crippen molar-refractivity contribution in [3.8, 4) is 5.75 Å². The summed E-state index contributed by atoms with van der Waals surface area (Å²) in [4.78, 5) is 21.7. The van der Waals surface area contributed by atoms with Gasteiger partial charge in [-0.25, -0.2) is 0 Å².